The fourth-order valence-corrected chi connectivity index (χ4v) is 3.93. The fraction of sp³-hybridized carbons (Fsp3) is 0.476. The molecule has 2 N–H and O–H groups in total. The molecule has 0 spiro atoms. The Balaban J connectivity index is 1.69. The minimum atomic E-state index is 0.0468. The normalized spacial score (nSPS) is 18.3. The maximum Gasteiger partial charge on any atom is 0.253 e. The van der Waals surface area contributed by atoms with Crippen molar-refractivity contribution < 1.29 is 4.79 Å². The molecule has 4 nitrogen and oxygen atoms in total. The van der Waals surface area contributed by atoms with Crippen molar-refractivity contribution in [1.82, 2.24) is 15.2 Å². The van der Waals surface area contributed by atoms with Crippen LogP contribution in [0.4, 0.5) is 0 Å². The highest BCUT2D eigenvalue weighted by Crippen LogP contribution is 2.25. The largest absolute Gasteiger partial charge is 0.352 e. The van der Waals surface area contributed by atoms with E-state index in [9.17, 15) is 4.79 Å². The quantitative estimate of drug-likeness (QED) is 0.847. The van der Waals surface area contributed by atoms with Gasteiger partial charge in [-0.1, -0.05) is 30.3 Å². The van der Waals surface area contributed by atoms with Crippen LogP contribution in [0, 0.1) is 19.8 Å². The molecule has 1 aliphatic heterocycles. The number of carbonyl (C=O) groups excluding carboxylic acids is 1. The summed E-state index contributed by atoms with van der Waals surface area (Å²) in [5, 5.41) is 6.48. The van der Waals surface area contributed by atoms with Crippen LogP contribution in [0.25, 0.3) is 0 Å². The van der Waals surface area contributed by atoms with Gasteiger partial charge in [-0.05, 0) is 64.3 Å². The van der Waals surface area contributed by atoms with Gasteiger partial charge < -0.3 is 15.2 Å². The van der Waals surface area contributed by atoms with Gasteiger partial charge in [0, 0.05) is 17.9 Å². The van der Waals surface area contributed by atoms with E-state index >= 15 is 0 Å². The third kappa shape index (κ3) is 3.96. The first kappa shape index (κ1) is 17.7. The van der Waals surface area contributed by atoms with Gasteiger partial charge in [-0.2, -0.15) is 0 Å². The summed E-state index contributed by atoms with van der Waals surface area (Å²) < 4.78 is 2.26. The van der Waals surface area contributed by atoms with Gasteiger partial charge in [0.15, 0.2) is 0 Å². The van der Waals surface area contributed by atoms with Gasteiger partial charge in [-0.15, -0.1) is 0 Å². The number of hydrogen-bond acceptors (Lipinski definition) is 2. The summed E-state index contributed by atoms with van der Waals surface area (Å²) in [7, 11) is 0. The number of rotatable bonds is 6. The number of aryl methyl sites for hydroxylation is 1. The van der Waals surface area contributed by atoms with Crippen LogP contribution in [0.1, 0.15) is 53.1 Å². The lowest BCUT2D eigenvalue weighted by molar-refractivity contribution is 0.0951. The summed E-state index contributed by atoms with van der Waals surface area (Å²) in [6.07, 6.45) is 2.27. The second kappa shape index (κ2) is 7.87. The van der Waals surface area contributed by atoms with E-state index < -0.39 is 0 Å². The fourth-order valence-electron chi connectivity index (χ4n) is 3.93. The molecule has 3 rings (SSSR count). The molecule has 2 atom stereocenters. The molecule has 2 aromatic rings. The molecule has 1 aliphatic rings. The Bertz CT molecular complexity index is 714. The standard InChI is InChI=1S/C21H29N3O/c1-15-13-20(21(25)23-12-10-18-9-11-22-14-18)17(3)24(15)16(2)19-7-5-4-6-8-19/h4-8,13,16,18,22H,9-12,14H2,1-3H3,(H,23,25). The number of nitrogens with one attached hydrogen (secondary N) is 2. The lowest BCUT2D eigenvalue weighted by atomic mass is 10.1. The Kier molecular flexibility index (Phi) is 5.59. The van der Waals surface area contributed by atoms with Crippen LogP contribution in [0.15, 0.2) is 36.4 Å². The van der Waals surface area contributed by atoms with Crippen molar-refractivity contribution in [3.8, 4) is 0 Å². The van der Waals surface area contributed by atoms with Gasteiger partial charge in [0.05, 0.1) is 11.6 Å². The first-order valence-corrected chi connectivity index (χ1v) is 9.30. The van der Waals surface area contributed by atoms with E-state index in [-0.39, 0.29) is 11.9 Å². The lowest BCUT2D eigenvalue weighted by Gasteiger charge is -2.19. The number of hydrogen-bond donors (Lipinski definition) is 2. The summed E-state index contributed by atoms with van der Waals surface area (Å²) in [6.45, 7) is 9.25. The third-order valence-corrected chi connectivity index (χ3v) is 5.40. The zero-order valence-electron chi connectivity index (χ0n) is 15.5. The van der Waals surface area contributed by atoms with Crippen molar-refractivity contribution in [3.63, 3.8) is 0 Å². The van der Waals surface area contributed by atoms with Gasteiger partial charge in [0.25, 0.3) is 5.91 Å². The smallest absolute Gasteiger partial charge is 0.253 e. The van der Waals surface area contributed by atoms with Crippen molar-refractivity contribution in [1.29, 1.82) is 0 Å². The van der Waals surface area contributed by atoms with Crippen LogP contribution >= 0.6 is 0 Å². The molecular weight excluding hydrogens is 310 g/mol. The maximum atomic E-state index is 12.6. The van der Waals surface area contributed by atoms with Gasteiger partial charge >= 0.3 is 0 Å². The van der Waals surface area contributed by atoms with Crippen molar-refractivity contribution in [2.75, 3.05) is 19.6 Å². The second-order valence-electron chi connectivity index (χ2n) is 7.14. The Labute approximate surface area is 150 Å². The van der Waals surface area contributed by atoms with Gasteiger partial charge in [0.1, 0.15) is 0 Å². The number of benzene rings is 1. The predicted molar refractivity (Wildman–Crippen MR) is 102 cm³/mol. The highest BCUT2D eigenvalue weighted by atomic mass is 16.1. The molecule has 1 aromatic heterocycles. The summed E-state index contributed by atoms with van der Waals surface area (Å²) in [4.78, 5) is 12.6. The molecule has 134 valence electrons. The van der Waals surface area contributed by atoms with Crippen LogP contribution in [-0.4, -0.2) is 30.1 Å². The molecule has 1 amide bonds. The molecule has 2 unspecified atom stereocenters. The molecule has 4 heteroatoms. The van der Waals surface area contributed by atoms with E-state index in [0.29, 0.717) is 5.92 Å². The summed E-state index contributed by atoms with van der Waals surface area (Å²) >= 11 is 0. The molecule has 0 saturated carbocycles. The van der Waals surface area contributed by atoms with Crippen LogP contribution in [0.3, 0.4) is 0 Å². The minimum Gasteiger partial charge on any atom is -0.352 e. The van der Waals surface area contributed by atoms with E-state index in [1.165, 1.54) is 12.0 Å². The van der Waals surface area contributed by atoms with Crippen molar-refractivity contribution in [3.05, 3.63) is 58.9 Å². The Morgan fingerprint density at radius 1 is 1.32 bits per heavy atom. The number of amides is 1. The van der Waals surface area contributed by atoms with Crippen LogP contribution in [0.5, 0.6) is 0 Å². The first-order chi connectivity index (χ1) is 12.1. The van der Waals surface area contributed by atoms with Crippen molar-refractivity contribution >= 4 is 5.91 Å². The Hall–Kier alpha value is -2.07. The minimum absolute atomic E-state index is 0.0468. The molecule has 0 radical (unpaired) electrons. The summed E-state index contributed by atoms with van der Waals surface area (Å²) in [5.74, 6) is 0.747. The zero-order valence-corrected chi connectivity index (χ0v) is 15.5. The summed E-state index contributed by atoms with van der Waals surface area (Å²) in [5.41, 5.74) is 4.21. The number of nitrogens with zero attached hydrogens (tertiary/aromatic N) is 1. The Morgan fingerprint density at radius 2 is 2.08 bits per heavy atom. The molecular formula is C21H29N3O. The maximum absolute atomic E-state index is 12.6. The van der Waals surface area contributed by atoms with E-state index in [1.54, 1.807) is 0 Å². The van der Waals surface area contributed by atoms with Crippen molar-refractivity contribution in [2.24, 2.45) is 5.92 Å². The van der Waals surface area contributed by atoms with Crippen LogP contribution < -0.4 is 10.6 Å². The first-order valence-electron chi connectivity index (χ1n) is 9.30. The molecule has 0 aliphatic carbocycles. The second-order valence-corrected chi connectivity index (χ2v) is 7.14. The number of carbonyl (C=O) groups is 1. The average molecular weight is 339 g/mol. The average Bonchev–Trinajstić information content (AvgIpc) is 3.23. The molecule has 1 saturated heterocycles. The monoisotopic (exact) mass is 339 g/mol. The van der Waals surface area contributed by atoms with Crippen LogP contribution in [-0.2, 0) is 0 Å². The Morgan fingerprint density at radius 3 is 2.76 bits per heavy atom. The summed E-state index contributed by atoms with van der Waals surface area (Å²) in [6, 6.07) is 12.7. The number of aromatic nitrogens is 1. The highest BCUT2D eigenvalue weighted by Gasteiger charge is 2.20. The molecule has 1 aromatic carbocycles. The van der Waals surface area contributed by atoms with E-state index in [1.807, 2.05) is 19.1 Å². The van der Waals surface area contributed by atoms with Gasteiger partial charge in [0.2, 0.25) is 0 Å². The predicted octanol–water partition coefficient (Wildman–Crippen LogP) is 3.44. The molecule has 25 heavy (non-hydrogen) atoms. The SMILES string of the molecule is Cc1cc(C(=O)NCCC2CCNC2)c(C)n1C(C)c1ccccc1. The van der Waals surface area contributed by atoms with Crippen molar-refractivity contribution in [2.45, 2.75) is 39.7 Å². The molecule has 0 bridgehead atoms. The third-order valence-electron chi connectivity index (χ3n) is 5.40. The lowest BCUT2D eigenvalue weighted by Crippen LogP contribution is -2.27. The zero-order chi connectivity index (χ0) is 17.8. The topological polar surface area (TPSA) is 46.1 Å². The van der Waals surface area contributed by atoms with E-state index in [4.69, 9.17) is 0 Å². The van der Waals surface area contributed by atoms with Crippen LogP contribution in [0.2, 0.25) is 0 Å². The molecule has 1 fully saturated rings. The highest BCUT2D eigenvalue weighted by molar-refractivity contribution is 5.95. The van der Waals surface area contributed by atoms with Gasteiger partial charge in [-0.25, -0.2) is 0 Å². The van der Waals surface area contributed by atoms with E-state index in [0.717, 1.165) is 43.0 Å². The molecule has 2 heterocycles. The van der Waals surface area contributed by atoms with E-state index in [2.05, 4.69) is 53.3 Å². The van der Waals surface area contributed by atoms with Gasteiger partial charge in [-0.3, -0.25) is 4.79 Å².